The van der Waals surface area contributed by atoms with Gasteiger partial charge in [-0.15, -0.1) is 0 Å². The van der Waals surface area contributed by atoms with Gasteiger partial charge in [0.25, 0.3) is 0 Å². The molecule has 2 aliphatic heterocycles. The number of aromatic nitrogens is 1. The van der Waals surface area contributed by atoms with Crippen LogP contribution in [0.15, 0.2) is 70.5 Å². The van der Waals surface area contributed by atoms with Gasteiger partial charge < -0.3 is 9.84 Å². The summed E-state index contributed by atoms with van der Waals surface area (Å²) in [6.07, 6.45) is 3.89. The van der Waals surface area contributed by atoms with E-state index in [0.717, 1.165) is 38.2 Å². The van der Waals surface area contributed by atoms with Crippen LogP contribution in [0.25, 0.3) is 0 Å². The number of hydrazone groups is 1. The summed E-state index contributed by atoms with van der Waals surface area (Å²) in [5.41, 5.74) is 4.75. The quantitative estimate of drug-likeness (QED) is 0.608. The third-order valence-electron chi connectivity index (χ3n) is 5.18. The molecule has 140 valence electrons. The molecule has 0 fully saturated rings. The van der Waals surface area contributed by atoms with Gasteiger partial charge in [0.1, 0.15) is 11.5 Å². The van der Waals surface area contributed by atoms with Gasteiger partial charge in [-0.1, -0.05) is 33.6 Å². The molecule has 5 nitrogen and oxygen atoms in total. The largest absolute Gasteiger partial charge is 0.507 e. The highest BCUT2D eigenvalue weighted by Gasteiger charge is 2.41. The number of rotatable bonds is 2. The molecule has 0 saturated carbocycles. The van der Waals surface area contributed by atoms with Gasteiger partial charge in [0.15, 0.2) is 0 Å². The van der Waals surface area contributed by atoms with Crippen molar-refractivity contribution in [2.45, 2.75) is 25.6 Å². The Hall–Kier alpha value is -2.86. The summed E-state index contributed by atoms with van der Waals surface area (Å²) in [5.74, 6) is 1.10. The molecule has 1 aromatic heterocycles. The Morgan fingerprint density at radius 2 is 2.07 bits per heavy atom. The Labute approximate surface area is 171 Å². The molecule has 3 heterocycles. The average Bonchev–Trinajstić information content (AvgIpc) is 3.15. The fourth-order valence-corrected chi connectivity index (χ4v) is 4.22. The van der Waals surface area contributed by atoms with Crippen molar-refractivity contribution in [3.8, 4) is 11.5 Å². The topological polar surface area (TPSA) is 58.0 Å². The second kappa shape index (κ2) is 6.63. The highest BCUT2D eigenvalue weighted by molar-refractivity contribution is 9.10. The average molecular weight is 436 g/mol. The van der Waals surface area contributed by atoms with E-state index in [4.69, 9.17) is 9.84 Å². The van der Waals surface area contributed by atoms with Gasteiger partial charge in [-0.05, 0) is 43.3 Å². The predicted octanol–water partition coefficient (Wildman–Crippen LogP) is 5.10. The number of halogens is 1. The molecule has 1 N–H and O–H groups in total. The lowest BCUT2D eigenvalue weighted by molar-refractivity contribution is -0.0192. The monoisotopic (exact) mass is 435 g/mol. The maximum atomic E-state index is 10.4. The van der Waals surface area contributed by atoms with Crippen molar-refractivity contribution in [2.24, 2.45) is 5.10 Å². The Morgan fingerprint density at radius 1 is 1.18 bits per heavy atom. The number of fused-ring (bicyclic) bond motifs is 3. The fraction of sp³-hybridized carbons (Fsp3) is 0.182. The zero-order valence-electron chi connectivity index (χ0n) is 15.2. The summed E-state index contributed by atoms with van der Waals surface area (Å²) in [7, 11) is 0. The Bertz CT molecular complexity index is 1080. The zero-order valence-corrected chi connectivity index (χ0v) is 16.8. The van der Waals surface area contributed by atoms with Crippen LogP contribution >= 0.6 is 15.9 Å². The van der Waals surface area contributed by atoms with Crippen molar-refractivity contribution in [3.63, 3.8) is 0 Å². The third-order valence-corrected chi connectivity index (χ3v) is 5.68. The van der Waals surface area contributed by atoms with E-state index in [9.17, 15) is 5.11 Å². The summed E-state index contributed by atoms with van der Waals surface area (Å²) >= 11 is 3.57. The van der Waals surface area contributed by atoms with Crippen LogP contribution in [0.2, 0.25) is 0 Å². The number of aromatic hydroxyl groups is 1. The molecule has 0 unspecified atom stereocenters. The van der Waals surface area contributed by atoms with Crippen molar-refractivity contribution >= 4 is 21.6 Å². The Morgan fingerprint density at radius 3 is 2.89 bits per heavy atom. The first kappa shape index (κ1) is 17.3. The lowest BCUT2D eigenvalue weighted by Gasteiger charge is -2.38. The summed E-state index contributed by atoms with van der Waals surface area (Å²) in [5, 5.41) is 17.3. The molecule has 2 atom stereocenters. The molecule has 2 aromatic carbocycles. The highest BCUT2D eigenvalue weighted by Crippen LogP contribution is 2.48. The van der Waals surface area contributed by atoms with E-state index in [1.54, 1.807) is 12.3 Å². The van der Waals surface area contributed by atoms with E-state index < -0.39 is 0 Å². The maximum Gasteiger partial charge on any atom is 0.215 e. The minimum absolute atomic E-state index is 0.0290. The van der Waals surface area contributed by atoms with Crippen molar-refractivity contribution in [1.82, 2.24) is 9.99 Å². The molecule has 6 heteroatoms. The first-order chi connectivity index (χ1) is 13.6. The fourth-order valence-electron chi connectivity index (χ4n) is 3.84. The summed E-state index contributed by atoms with van der Waals surface area (Å²) in [4.78, 5) is 4.24. The maximum absolute atomic E-state index is 10.4. The van der Waals surface area contributed by atoms with Crippen LogP contribution < -0.4 is 4.74 Å². The van der Waals surface area contributed by atoms with Gasteiger partial charge in [0.05, 0.1) is 11.8 Å². The lowest BCUT2D eigenvalue weighted by Crippen LogP contribution is -2.33. The number of nitrogens with zero attached hydrogens (tertiary/aromatic N) is 3. The van der Waals surface area contributed by atoms with E-state index in [1.807, 2.05) is 54.5 Å². The van der Waals surface area contributed by atoms with Gasteiger partial charge in [-0.3, -0.25) is 4.98 Å². The minimum Gasteiger partial charge on any atom is -0.507 e. The van der Waals surface area contributed by atoms with Gasteiger partial charge >= 0.3 is 0 Å². The first-order valence-electron chi connectivity index (χ1n) is 9.12. The molecule has 0 spiro atoms. The molecule has 0 amide bonds. The molecule has 28 heavy (non-hydrogen) atoms. The molecule has 5 rings (SSSR count). The standard InChI is InChI=1S/C22H18BrN3O2/c1-13-4-6-20(27)16(9-13)18-11-19-17-10-15(23)5-7-21(17)28-22(26(19)25-18)14-3-2-8-24-12-14/h2-10,12,19,22,27H,11H2,1H3/t19-,22-/m1/s1. The van der Waals surface area contributed by atoms with Gasteiger partial charge in [0, 0.05) is 40.0 Å². The van der Waals surface area contributed by atoms with Crippen LogP contribution in [0.4, 0.5) is 0 Å². The summed E-state index contributed by atoms with van der Waals surface area (Å²) in [6.45, 7) is 2.01. The number of hydrogen-bond donors (Lipinski definition) is 1. The smallest absolute Gasteiger partial charge is 0.215 e. The lowest BCUT2D eigenvalue weighted by atomic mass is 9.95. The number of benzene rings is 2. The molecule has 2 aliphatic rings. The van der Waals surface area contributed by atoms with Crippen LogP contribution in [-0.2, 0) is 0 Å². The Balaban J connectivity index is 1.63. The molecule has 0 radical (unpaired) electrons. The van der Waals surface area contributed by atoms with E-state index in [0.29, 0.717) is 6.42 Å². The van der Waals surface area contributed by atoms with Gasteiger partial charge in [0.2, 0.25) is 6.23 Å². The molecule has 0 saturated heterocycles. The normalized spacial score (nSPS) is 20.2. The second-order valence-electron chi connectivity index (χ2n) is 7.11. The number of hydrogen-bond acceptors (Lipinski definition) is 5. The molecule has 0 aliphatic carbocycles. The van der Waals surface area contributed by atoms with Crippen molar-refractivity contribution in [2.75, 3.05) is 0 Å². The minimum atomic E-state index is -0.364. The predicted molar refractivity (Wildman–Crippen MR) is 110 cm³/mol. The summed E-state index contributed by atoms with van der Waals surface area (Å²) < 4.78 is 7.32. The van der Waals surface area contributed by atoms with Crippen LogP contribution in [0.3, 0.4) is 0 Å². The van der Waals surface area contributed by atoms with Crippen LogP contribution in [0.1, 0.15) is 40.9 Å². The third kappa shape index (κ3) is 2.85. The van der Waals surface area contributed by atoms with Crippen molar-refractivity contribution in [1.29, 1.82) is 0 Å². The highest BCUT2D eigenvalue weighted by atomic mass is 79.9. The van der Waals surface area contributed by atoms with E-state index in [-0.39, 0.29) is 18.0 Å². The van der Waals surface area contributed by atoms with Gasteiger partial charge in [-0.2, -0.15) is 5.10 Å². The number of phenolic OH excluding ortho intramolecular Hbond substituents is 1. The molecular weight excluding hydrogens is 418 g/mol. The van der Waals surface area contributed by atoms with E-state index in [2.05, 4.69) is 27.0 Å². The molecular formula is C22H18BrN3O2. The second-order valence-corrected chi connectivity index (χ2v) is 8.02. The van der Waals surface area contributed by atoms with Crippen LogP contribution in [0, 0.1) is 6.92 Å². The number of phenols is 1. The summed E-state index contributed by atoms with van der Waals surface area (Å²) in [6, 6.07) is 15.6. The zero-order chi connectivity index (χ0) is 19.3. The van der Waals surface area contributed by atoms with Crippen molar-refractivity contribution in [3.05, 3.63) is 87.7 Å². The number of pyridine rings is 1. The Kier molecular flexibility index (Phi) is 4.09. The number of aryl methyl sites for hydroxylation is 1. The van der Waals surface area contributed by atoms with E-state index >= 15 is 0 Å². The van der Waals surface area contributed by atoms with Gasteiger partial charge in [-0.25, -0.2) is 5.01 Å². The van der Waals surface area contributed by atoms with Crippen molar-refractivity contribution < 1.29 is 9.84 Å². The number of ether oxygens (including phenoxy) is 1. The molecule has 0 bridgehead atoms. The van der Waals surface area contributed by atoms with E-state index in [1.165, 1.54) is 0 Å². The SMILES string of the molecule is Cc1ccc(O)c(C2=NN3[C@H](C2)c2cc(Br)ccc2O[C@@H]3c2cccnc2)c1. The first-order valence-corrected chi connectivity index (χ1v) is 9.91. The molecule has 3 aromatic rings. The van der Waals surface area contributed by atoms with Crippen LogP contribution in [0.5, 0.6) is 11.5 Å². The van der Waals surface area contributed by atoms with Crippen LogP contribution in [-0.4, -0.2) is 20.8 Å².